The van der Waals surface area contributed by atoms with Gasteiger partial charge in [0.05, 0.1) is 0 Å². The molecule has 1 nitrogen and oxygen atoms in total. The molecule has 0 aromatic heterocycles. The Labute approximate surface area is 84.7 Å². The molecule has 0 N–H and O–H groups in total. The van der Waals surface area contributed by atoms with Crippen LogP contribution in [-0.2, 0) is 4.79 Å². The predicted octanol–water partition coefficient (Wildman–Crippen LogP) is 3.17. The Bertz CT molecular complexity index is 204. The molecular formula is C4Br2F6O. The van der Waals surface area contributed by atoms with Crippen LogP contribution in [-0.4, -0.2) is 21.4 Å². The molecule has 0 amide bonds. The van der Waals surface area contributed by atoms with Gasteiger partial charge in [0, 0.05) is 0 Å². The van der Waals surface area contributed by atoms with E-state index in [0.29, 0.717) is 0 Å². The number of carbonyl (C=O) groups excluding carboxylic acids is 1. The van der Waals surface area contributed by atoms with Gasteiger partial charge in [0.1, 0.15) is 0 Å². The largest absolute Gasteiger partial charge is 0.437 e. The Morgan fingerprint density at radius 1 is 1.00 bits per heavy atom. The van der Waals surface area contributed by atoms with Gasteiger partial charge < -0.3 is 0 Å². The second kappa shape index (κ2) is 3.41. The molecule has 0 aromatic carbocycles. The van der Waals surface area contributed by atoms with Gasteiger partial charge in [0.15, 0.2) is 0 Å². The summed E-state index contributed by atoms with van der Waals surface area (Å²) >= 11 is 2.68. The Balaban J connectivity index is 5.35. The summed E-state index contributed by atoms with van der Waals surface area (Å²) in [5.41, 5.74) is -5.26. The van der Waals surface area contributed by atoms with Crippen molar-refractivity contribution in [3.05, 3.63) is 0 Å². The third-order valence-electron chi connectivity index (χ3n) is 1.05. The highest BCUT2D eigenvalue weighted by atomic mass is 79.9. The SMILES string of the molecule is O=C(Br)C(F)(C(F)(F)F)C(F)(F)Br. The van der Waals surface area contributed by atoms with Gasteiger partial charge in [-0.05, 0) is 31.9 Å². The molecule has 1 unspecified atom stereocenters. The Morgan fingerprint density at radius 2 is 1.31 bits per heavy atom. The maximum atomic E-state index is 12.6. The van der Waals surface area contributed by atoms with E-state index in [9.17, 15) is 31.1 Å². The fourth-order valence-electron chi connectivity index (χ4n) is 0.384. The molecule has 0 rings (SSSR count). The van der Waals surface area contributed by atoms with Crippen LogP contribution in [0.3, 0.4) is 0 Å². The van der Waals surface area contributed by atoms with Gasteiger partial charge >= 0.3 is 16.7 Å². The highest BCUT2D eigenvalue weighted by Crippen LogP contribution is 2.50. The molecule has 0 radical (unpaired) electrons. The lowest BCUT2D eigenvalue weighted by atomic mass is 10.1. The van der Waals surface area contributed by atoms with Gasteiger partial charge in [0.2, 0.25) is 0 Å². The van der Waals surface area contributed by atoms with E-state index in [4.69, 9.17) is 0 Å². The first-order valence-corrected chi connectivity index (χ1v) is 4.05. The summed E-state index contributed by atoms with van der Waals surface area (Å²) in [6.07, 6.45) is -6.00. The van der Waals surface area contributed by atoms with Crippen LogP contribution in [0.2, 0.25) is 0 Å². The number of hydrogen-bond acceptors (Lipinski definition) is 1. The molecule has 0 saturated carbocycles. The van der Waals surface area contributed by atoms with E-state index in [2.05, 4.69) is 0 Å². The molecule has 0 saturated heterocycles. The first kappa shape index (κ1) is 13.2. The van der Waals surface area contributed by atoms with Crippen LogP contribution >= 0.6 is 31.9 Å². The van der Waals surface area contributed by atoms with Crippen molar-refractivity contribution in [2.24, 2.45) is 0 Å². The topological polar surface area (TPSA) is 17.1 Å². The molecular weight excluding hydrogens is 338 g/mol. The Hall–Kier alpha value is 0.210. The third kappa shape index (κ3) is 2.17. The second-order valence-corrected chi connectivity index (χ2v) is 3.64. The summed E-state index contributed by atoms with van der Waals surface area (Å²) in [6, 6.07) is 0. The highest BCUT2D eigenvalue weighted by Gasteiger charge is 2.74. The molecule has 0 aliphatic heterocycles. The van der Waals surface area contributed by atoms with E-state index >= 15 is 0 Å². The quantitative estimate of drug-likeness (QED) is 0.430. The van der Waals surface area contributed by atoms with Gasteiger partial charge in [0.25, 0.3) is 4.69 Å². The number of hydrogen-bond donors (Lipinski definition) is 0. The molecule has 1 atom stereocenters. The molecule has 13 heavy (non-hydrogen) atoms. The maximum Gasteiger partial charge on any atom is 0.437 e. The Morgan fingerprint density at radius 3 is 1.31 bits per heavy atom. The van der Waals surface area contributed by atoms with Crippen molar-refractivity contribution in [2.75, 3.05) is 0 Å². The van der Waals surface area contributed by atoms with Crippen molar-refractivity contribution in [3.63, 3.8) is 0 Å². The van der Waals surface area contributed by atoms with Crippen LogP contribution in [0.15, 0.2) is 0 Å². The van der Waals surface area contributed by atoms with E-state index in [1.165, 1.54) is 15.9 Å². The summed E-state index contributed by atoms with van der Waals surface area (Å²) in [4.78, 5) is 5.06. The minimum absolute atomic E-state index is 1.16. The zero-order valence-electron chi connectivity index (χ0n) is 5.43. The van der Waals surface area contributed by atoms with Crippen LogP contribution in [0.1, 0.15) is 0 Å². The summed E-state index contributed by atoms with van der Waals surface area (Å²) in [5, 5.41) is 0. The van der Waals surface area contributed by atoms with Gasteiger partial charge in [-0.3, -0.25) is 4.79 Å². The average Bonchev–Trinajstić information content (AvgIpc) is 1.80. The first-order valence-electron chi connectivity index (χ1n) is 2.47. The lowest BCUT2D eigenvalue weighted by Gasteiger charge is -2.27. The zero-order valence-corrected chi connectivity index (χ0v) is 8.60. The summed E-state index contributed by atoms with van der Waals surface area (Å²) in [7, 11) is 0. The van der Waals surface area contributed by atoms with Crippen molar-refractivity contribution in [3.8, 4) is 0 Å². The normalized spacial score (nSPS) is 18.2. The number of alkyl halides is 7. The molecule has 0 bridgehead atoms. The van der Waals surface area contributed by atoms with E-state index in [1.54, 1.807) is 0 Å². The van der Waals surface area contributed by atoms with Crippen LogP contribution in [0.4, 0.5) is 26.3 Å². The molecule has 9 heteroatoms. The molecule has 0 fully saturated rings. The van der Waals surface area contributed by atoms with E-state index in [0.717, 1.165) is 15.9 Å². The minimum Gasteiger partial charge on any atom is -0.282 e. The van der Waals surface area contributed by atoms with Gasteiger partial charge in [-0.2, -0.15) is 22.0 Å². The van der Waals surface area contributed by atoms with E-state index < -0.39 is 21.4 Å². The summed E-state index contributed by atoms with van der Waals surface area (Å²) in [6.45, 7) is 0. The Kier molecular flexibility index (Phi) is 3.47. The molecule has 0 aliphatic rings. The molecule has 78 valence electrons. The zero-order chi connectivity index (χ0) is 11.1. The van der Waals surface area contributed by atoms with Crippen LogP contribution in [0.5, 0.6) is 0 Å². The van der Waals surface area contributed by atoms with Crippen LogP contribution in [0.25, 0.3) is 0 Å². The summed E-state index contributed by atoms with van der Waals surface area (Å²) in [5.74, 6) is 0. The van der Waals surface area contributed by atoms with Crippen LogP contribution in [0, 0.1) is 0 Å². The first-order chi connectivity index (χ1) is 5.44. The van der Waals surface area contributed by atoms with Crippen molar-refractivity contribution in [1.29, 1.82) is 0 Å². The fourth-order valence-corrected chi connectivity index (χ4v) is 1.53. The number of halogens is 8. The lowest BCUT2D eigenvalue weighted by Crippen LogP contribution is -2.56. The highest BCUT2D eigenvalue weighted by molar-refractivity contribution is 9.18. The third-order valence-corrected chi connectivity index (χ3v) is 2.14. The van der Waals surface area contributed by atoms with E-state index in [1.807, 2.05) is 0 Å². The smallest absolute Gasteiger partial charge is 0.282 e. The summed E-state index contributed by atoms with van der Waals surface area (Å²) < 4.78 is 69.4. The van der Waals surface area contributed by atoms with Gasteiger partial charge in [-0.1, -0.05) is 0 Å². The number of carbonyl (C=O) groups is 1. The maximum absolute atomic E-state index is 12.6. The molecule has 0 heterocycles. The van der Waals surface area contributed by atoms with Gasteiger partial charge in [-0.15, -0.1) is 0 Å². The fraction of sp³-hybridized carbons (Fsp3) is 0.750. The standard InChI is InChI=1S/C4Br2F6O/c5-1(13)2(7,3(6,8)9)4(10,11)12. The second-order valence-electron chi connectivity index (χ2n) is 1.93. The molecule has 0 aromatic rings. The number of rotatable bonds is 2. The predicted molar refractivity (Wildman–Crippen MR) is 37.7 cm³/mol. The van der Waals surface area contributed by atoms with Gasteiger partial charge in [-0.25, -0.2) is 4.39 Å². The van der Waals surface area contributed by atoms with Crippen molar-refractivity contribution in [2.45, 2.75) is 16.7 Å². The molecule has 0 aliphatic carbocycles. The van der Waals surface area contributed by atoms with Crippen LogP contribution < -0.4 is 0 Å². The van der Waals surface area contributed by atoms with Crippen molar-refractivity contribution < 1.29 is 31.1 Å². The van der Waals surface area contributed by atoms with Crippen molar-refractivity contribution in [1.82, 2.24) is 0 Å². The molecule has 0 spiro atoms. The van der Waals surface area contributed by atoms with Crippen molar-refractivity contribution >= 4 is 36.6 Å². The average molecular weight is 338 g/mol. The lowest BCUT2D eigenvalue weighted by molar-refractivity contribution is -0.259. The minimum atomic E-state index is -6.00. The van der Waals surface area contributed by atoms with E-state index in [-0.39, 0.29) is 0 Å². The monoisotopic (exact) mass is 336 g/mol.